The molecule has 1 aliphatic rings. The van der Waals surface area contributed by atoms with E-state index in [1.807, 2.05) is 0 Å². The highest BCUT2D eigenvalue weighted by molar-refractivity contribution is 7.89. The summed E-state index contributed by atoms with van der Waals surface area (Å²) >= 11 is 0. The molecule has 0 spiro atoms. The molecule has 0 saturated carbocycles. The molecule has 1 N–H and O–H groups in total. The maximum Gasteiger partial charge on any atom is 0.243 e. The first-order chi connectivity index (χ1) is 15.8. The molecule has 0 atom stereocenters. The molecule has 1 amide bonds. The second-order valence-electron chi connectivity index (χ2n) is 7.89. The van der Waals surface area contributed by atoms with Crippen LogP contribution in [0.2, 0.25) is 0 Å². The number of carbonyl (C=O) groups excluding carboxylic acids is 2. The molecule has 2 aromatic carbocycles. The van der Waals surface area contributed by atoms with Gasteiger partial charge >= 0.3 is 0 Å². The molecule has 1 aromatic heterocycles. The topological polar surface area (TPSA) is 101 Å². The zero-order valence-electron chi connectivity index (χ0n) is 17.9. The van der Waals surface area contributed by atoms with Gasteiger partial charge in [-0.05, 0) is 61.4 Å². The van der Waals surface area contributed by atoms with E-state index in [0.717, 1.165) is 12.1 Å². The highest BCUT2D eigenvalue weighted by atomic mass is 32.2. The fraction of sp³-hybridized carbons (Fsp3) is 0.261. The third kappa shape index (κ3) is 4.86. The van der Waals surface area contributed by atoms with Crippen molar-refractivity contribution >= 4 is 27.4 Å². The standard InChI is InChI=1S/C23H23FN4O4S/c1-27-15-12-25-22(27)21(29)16-2-6-19(7-3-16)26-23(30)17-10-13-28(14-11-17)33(31,32)20-8-4-18(24)5-9-20/h2-9,12,15,17H,10-11,13-14H2,1H3,(H,26,30). The summed E-state index contributed by atoms with van der Waals surface area (Å²) in [5.41, 5.74) is 1.01. The molecule has 1 aliphatic heterocycles. The molecule has 10 heteroatoms. The van der Waals surface area contributed by atoms with E-state index in [4.69, 9.17) is 0 Å². The van der Waals surface area contributed by atoms with Gasteiger partial charge in [-0.1, -0.05) is 0 Å². The number of nitrogens with one attached hydrogen (secondary N) is 1. The Balaban J connectivity index is 1.34. The van der Waals surface area contributed by atoms with Crippen LogP contribution in [0.1, 0.15) is 29.0 Å². The maximum atomic E-state index is 13.1. The van der Waals surface area contributed by atoms with Crippen LogP contribution in [0.5, 0.6) is 0 Å². The minimum Gasteiger partial charge on any atom is -0.331 e. The SMILES string of the molecule is Cn1ccnc1C(=O)c1ccc(NC(=O)C2CCN(S(=O)(=O)c3ccc(F)cc3)CC2)cc1. The molecule has 0 unspecified atom stereocenters. The van der Waals surface area contributed by atoms with Crippen molar-refractivity contribution in [2.45, 2.75) is 17.7 Å². The van der Waals surface area contributed by atoms with Crippen molar-refractivity contribution in [1.29, 1.82) is 0 Å². The van der Waals surface area contributed by atoms with Gasteiger partial charge < -0.3 is 9.88 Å². The van der Waals surface area contributed by atoms with Gasteiger partial charge in [0.15, 0.2) is 5.82 Å². The molecule has 1 fully saturated rings. The predicted octanol–water partition coefficient (Wildman–Crippen LogP) is 2.83. The molecular formula is C23H23FN4O4S. The Morgan fingerprint density at radius 2 is 1.67 bits per heavy atom. The molecule has 4 rings (SSSR count). The van der Waals surface area contributed by atoms with E-state index in [0.29, 0.717) is 29.9 Å². The van der Waals surface area contributed by atoms with Crippen LogP contribution in [0.4, 0.5) is 10.1 Å². The Morgan fingerprint density at radius 1 is 1.03 bits per heavy atom. The predicted molar refractivity (Wildman–Crippen MR) is 120 cm³/mol. The summed E-state index contributed by atoms with van der Waals surface area (Å²) < 4.78 is 41.5. The number of ketones is 1. The molecule has 33 heavy (non-hydrogen) atoms. The lowest BCUT2D eigenvalue weighted by atomic mass is 9.97. The molecule has 0 bridgehead atoms. The van der Waals surface area contributed by atoms with Gasteiger partial charge in [-0.3, -0.25) is 9.59 Å². The van der Waals surface area contributed by atoms with Crippen LogP contribution in [0.15, 0.2) is 65.8 Å². The van der Waals surface area contributed by atoms with Gasteiger partial charge in [-0.2, -0.15) is 4.31 Å². The zero-order chi connectivity index (χ0) is 23.6. The second kappa shape index (κ2) is 9.24. The van der Waals surface area contributed by atoms with E-state index < -0.39 is 15.8 Å². The van der Waals surface area contributed by atoms with Crippen molar-refractivity contribution in [3.05, 3.63) is 78.1 Å². The average molecular weight is 471 g/mol. The van der Waals surface area contributed by atoms with Gasteiger partial charge in [0, 0.05) is 49.7 Å². The third-order valence-electron chi connectivity index (χ3n) is 5.72. The molecule has 0 aliphatic carbocycles. The number of piperidine rings is 1. The number of hydrogen-bond donors (Lipinski definition) is 1. The number of nitrogens with zero attached hydrogens (tertiary/aromatic N) is 3. The third-order valence-corrected chi connectivity index (χ3v) is 7.63. The summed E-state index contributed by atoms with van der Waals surface area (Å²) in [7, 11) is -1.98. The number of anilines is 1. The second-order valence-corrected chi connectivity index (χ2v) is 9.83. The van der Waals surface area contributed by atoms with E-state index in [-0.39, 0.29) is 35.6 Å². The van der Waals surface area contributed by atoms with Gasteiger partial charge in [-0.15, -0.1) is 0 Å². The van der Waals surface area contributed by atoms with Crippen molar-refractivity contribution in [3.63, 3.8) is 0 Å². The first-order valence-corrected chi connectivity index (χ1v) is 11.9. The van der Waals surface area contributed by atoms with Crippen LogP contribution >= 0.6 is 0 Å². The molecule has 1 saturated heterocycles. The quantitative estimate of drug-likeness (QED) is 0.559. The fourth-order valence-corrected chi connectivity index (χ4v) is 5.25. The normalized spacial score (nSPS) is 15.3. The summed E-state index contributed by atoms with van der Waals surface area (Å²) in [6.45, 7) is 0.407. The van der Waals surface area contributed by atoms with E-state index in [9.17, 15) is 22.4 Å². The van der Waals surface area contributed by atoms with E-state index >= 15 is 0 Å². The molecule has 172 valence electrons. The van der Waals surface area contributed by atoms with Crippen molar-refractivity contribution in [2.24, 2.45) is 13.0 Å². The van der Waals surface area contributed by atoms with E-state index in [1.165, 1.54) is 16.4 Å². The van der Waals surface area contributed by atoms with Crippen LogP contribution < -0.4 is 5.32 Å². The van der Waals surface area contributed by atoms with Crippen LogP contribution in [0, 0.1) is 11.7 Å². The lowest BCUT2D eigenvalue weighted by Gasteiger charge is -2.30. The average Bonchev–Trinajstić information content (AvgIpc) is 3.25. The largest absolute Gasteiger partial charge is 0.331 e. The van der Waals surface area contributed by atoms with Gasteiger partial charge in [0.25, 0.3) is 0 Å². The molecule has 8 nitrogen and oxygen atoms in total. The lowest BCUT2D eigenvalue weighted by molar-refractivity contribution is -0.120. The summed E-state index contributed by atoms with van der Waals surface area (Å²) in [5, 5.41) is 2.83. The number of aromatic nitrogens is 2. The molecule has 0 radical (unpaired) electrons. The van der Waals surface area contributed by atoms with E-state index in [2.05, 4.69) is 10.3 Å². The van der Waals surface area contributed by atoms with Gasteiger partial charge in [0.2, 0.25) is 21.7 Å². The summed E-state index contributed by atoms with van der Waals surface area (Å²) in [6, 6.07) is 11.3. The number of benzene rings is 2. The molecular weight excluding hydrogens is 447 g/mol. The molecule has 2 heterocycles. The first-order valence-electron chi connectivity index (χ1n) is 10.4. The summed E-state index contributed by atoms with van der Waals surface area (Å²) in [4.78, 5) is 29.3. The number of imidazole rings is 1. The monoisotopic (exact) mass is 470 g/mol. The smallest absolute Gasteiger partial charge is 0.243 e. The fourth-order valence-electron chi connectivity index (χ4n) is 3.78. The Morgan fingerprint density at radius 3 is 2.24 bits per heavy atom. The number of carbonyl (C=O) groups is 2. The van der Waals surface area contributed by atoms with Crippen molar-refractivity contribution < 1.29 is 22.4 Å². The van der Waals surface area contributed by atoms with E-state index in [1.54, 1.807) is 48.3 Å². The Kier molecular flexibility index (Phi) is 6.39. The highest BCUT2D eigenvalue weighted by Gasteiger charge is 2.32. The Hall–Kier alpha value is -3.37. The van der Waals surface area contributed by atoms with Gasteiger partial charge in [0.1, 0.15) is 5.82 Å². The lowest BCUT2D eigenvalue weighted by Crippen LogP contribution is -2.41. The minimum absolute atomic E-state index is 0.0342. The van der Waals surface area contributed by atoms with Crippen LogP contribution in [0.3, 0.4) is 0 Å². The Labute approximate surface area is 191 Å². The van der Waals surface area contributed by atoms with Crippen LogP contribution in [-0.4, -0.2) is 47.1 Å². The number of halogens is 1. The molecule has 3 aromatic rings. The maximum absolute atomic E-state index is 13.1. The number of amides is 1. The number of rotatable bonds is 6. The summed E-state index contributed by atoms with van der Waals surface area (Å²) in [6.07, 6.45) is 4.00. The van der Waals surface area contributed by atoms with Gasteiger partial charge in [-0.25, -0.2) is 17.8 Å². The number of hydrogen-bond acceptors (Lipinski definition) is 5. The highest BCUT2D eigenvalue weighted by Crippen LogP contribution is 2.25. The Bertz CT molecular complexity index is 1260. The van der Waals surface area contributed by atoms with Crippen LogP contribution in [0.25, 0.3) is 0 Å². The zero-order valence-corrected chi connectivity index (χ0v) is 18.8. The van der Waals surface area contributed by atoms with Gasteiger partial charge in [0.05, 0.1) is 4.90 Å². The van der Waals surface area contributed by atoms with Crippen molar-refractivity contribution in [3.8, 4) is 0 Å². The number of sulfonamides is 1. The first kappa shape index (κ1) is 22.8. The number of aryl methyl sites for hydroxylation is 1. The van der Waals surface area contributed by atoms with Crippen LogP contribution in [-0.2, 0) is 21.9 Å². The summed E-state index contributed by atoms with van der Waals surface area (Å²) in [5.74, 6) is -0.918. The van der Waals surface area contributed by atoms with Crippen molar-refractivity contribution in [2.75, 3.05) is 18.4 Å². The van der Waals surface area contributed by atoms with Crippen molar-refractivity contribution in [1.82, 2.24) is 13.9 Å². The minimum atomic E-state index is -3.73.